The fourth-order valence-corrected chi connectivity index (χ4v) is 8.05. The molecule has 7 atom stereocenters. The molecule has 1 heterocycles. The molecule has 5 unspecified atom stereocenters. The summed E-state index contributed by atoms with van der Waals surface area (Å²) in [6.45, 7) is 4.05. The average Bonchev–Trinajstić information content (AvgIpc) is 3.36. The standard InChI is InChI=1S/C28H30N4O4/c1-26-9-7-17(33)12-16(26)4-5-18-19-8-10-28(36,27(19,2)13-22(34)23(18)26)24(35)32-25-30-20-6-3-15(14-29)11-21(20)31-25/h3,6-7,9,11-12,18-19,22-23,34,36H,4-5,8,10,13H2,1-2H3,(H2,30,31,32,35)/t18?,19?,22-,23?,26?,27?,28-/m0/s1. The molecule has 8 heteroatoms. The van der Waals surface area contributed by atoms with E-state index in [0.29, 0.717) is 35.9 Å². The van der Waals surface area contributed by atoms with Crippen molar-refractivity contribution >= 4 is 28.7 Å². The predicted octanol–water partition coefficient (Wildman–Crippen LogP) is 3.38. The second-order valence-electron chi connectivity index (χ2n) is 11.5. The molecule has 4 N–H and O–H groups in total. The van der Waals surface area contributed by atoms with Crippen molar-refractivity contribution in [1.29, 1.82) is 5.26 Å². The monoisotopic (exact) mass is 486 g/mol. The fraction of sp³-hybridized carbons (Fsp3) is 0.500. The lowest BCUT2D eigenvalue weighted by Gasteiger charge is -2.59. The van der Waals surface area contributed by atoms with Crippen LogP contribution in [0.15, 0.2) is 42.0 Å². The summed E-state index contributed by atoms with van der Waals surface area (Å²) in [6.07, 6.45) is 7.49. The maximum Gasteiger partial charge on any atom is 0.259 e. The first-order valence-electron chi connectivity index (χ1n) is 12.6. The summed E-state index contributed by atoms with van der Waals surface area (Å²) < 4.78 is 0. The Kier molecular flexibility index (Phi) is 4.89. The first-order valence-corrected chi connectivity index (χ1v) is 12.6. The molecule has 8 nitrogen and oxygen atoms in total. The lowest BCUT2D eigenvalue weighted by atomic mass is 9.46. The van der Waals surface area contributed by atoms with Gasteiger partial charge in [-0.2, -0.15) is 5.26 Å². The number of fused-ring (bicyclic) bond motifs is 6. The number of nitrogens with zero attached hydrogens (tertiary/aromatic N) is 2. The molecule has 0 bridgehead atoms. The lowest BCUT2D eigenvalue weighted by Crippen LogP contribution is -2.62. The number of nitriles is 1. The van der Waals surface area contributed by atoms with Crippen molar-refractivity contribution in [2.24, 2.45) is 28.6 Å². The van der Waals surface area contributed by atoms with Gasteiger partial charge in [-0.15, -0.1) is 0 Å². The molecule has 0 spiro atoms. The van der Waals surface area contributed by atoms with E-state index in [2.05, 4.69) is 28.3 Å². The smallest absolute Gasteiger partial charge is 0.259 e. The number of imidazole rings is 1. The first kappa shape index (κ1) is 23.1. The Labute approximate surface area is 209 Å². The molecule has 4 aliphatic carbocycles. The summed E-state index contributed by atoms with van der Waals surface area (Å²) in [6, 6.07) is 7.12. The SMILES string of the molecule is CC12C=CC(=O)C=C1CCC1C2[C@@H](O)CC2(C)C1CC[C@]2(O)C(=O)Nc1nc2cc(C#N)ccc2[nH]1. The van der Waals surface area contributed by atoms with Gasteiger partial charge in [-0.25, -0.2) is 4.98 Å². The zero-order valence-corrected chi connectivity index (χ0v) is 20.4. The maximum absolute atomic E-state index is 13.6. The number of allylic oxidation sites excluding steroid dienone is 4. The normalized spacial score (nSPS) is 39.1. The molecule has 1 aromatic heterocycles. The molecule has 6 rings (SSSR count). The molecule has 0 saturated heterocycles. The molecular weight excluding hydrogens is 456 g/mol. The van der Waals surface area contributed by atoms with Gasteiger partial charge in [-0.05, 0) is 74.3 Å². The van der Waals surface area contributed by atoms with Crippen LogP contribution >= 0.6 is 0 Å². The molecule has 1 aromatic carbocycles. The Morgan fingerprint density at radius 1 is 1.31 bits per heavy atom. The van der Waals surface area contributed by atoms with Crippen LogP contribution in [0.1, 0.15) is 51.5 Å². The number of ketones is 1. The van der Waals surface area contributed by atoms with E-state index in [1.54, 1.807) is 30.4 Å². The molecule has 4 aliphatic rings. The van der Waals surface area contributed by atoms with Crippen molar-refractivity contribution < 1.29 is 19.8 Å². The number of anilines is 1. The van der Waals surface area contributed by atoms with Gasteiger partial charge in [0, 0.05) is 16.7 Å². The molecule has 2 aromatic rings. The van der Waals surface area contributed by atoms with E-state index < -0.39 is 28.4 Å². The second-order valence-corrected chi connectivity index (χ2v) is 11.5. The van der Waals surface area contributed by atoms with Crippen LogP contribution in [0.4, 0.5) is 5.95 Å². The van der Waals surface area contributed by atoms with Crippen molar-refractivity contribution in [3.63, 3.8) is 0 Å². The number of aliphatic hydroxyl groups excluding tert-OH is 1. The Bertz CT molecular complexity index is 1400. The van der Waals surface area contributed by atoms with E-state index in [1.807, 2.05) is 13.0 Å². The Balaban J connectivity index is 1.29. The molecule has 3 fully saturated rings. The van der Waals surface area contributed by atoms with Crippen molar-refractivity contribution in [2.45, 2.75) is 57.7 Å². The molecule has 0 radical (unpaired) electrons. The number of hydrogen-bond donors (Lipinski definition) is 4. The van der Waals surface area contributed by atoms with E-state index >= 15 is 0 Å². The van der Waals surface area contributed by atoms with Crippen LogP contribution in [-0.2, 0) is 9.59 Å². The zero-order valence-electron chi connectivity index (χ0n) is 20.4. The van der Waals surface area contributed by atoms with Crippen LogP contribution in [0.25, 0.3) is 11.0 Å². The van der Waals surface area contributed by atoms with Gasteiger partial charge < -0.3 is 15.2 Å². The van der Waals surface area contributed by atoms with E-state index in [0.717, 1.165) is 18.4 Å². The fourth-order valence-electron chi connectivity index (χ4n) is 8.05. The number of carbonyl (C=O) groups is 2. The summed E-state index contributed by atoms with van der Waals surface area (Å²) >= 11 is 0. The summed E-state index contributed by atoms with van der Waals surface area (Å²) in [4.78, 5) is 33.0. The second kappa shape index (κ2) is 7.61. The van der Waals surface area contributed by atoms with Gasteiger partial charge in [0.15, 0.2) is 5.78 Å². The van der Waals surface area contributed by atoms with Crippen molar-refractivity contribution in [2.75, 3.05) is 5.32 Å². The van der Waals surface area contributed by atoms with Crippen molar-refractivity contribution in [1.82, 2.24) is 9.97 Å². The van der Waals surface area contributed by atoms with Crippen LogP contribution in [0.3, 0.4) is 0 Å². The number of hydrogen-bond acceptors (Lipinski definition) is 6. The maximum atomic E-state index is 13.6. The molecule has 36 heavy (non-hydrogen) atoms. The van der Waals surface area contributed by atoms with Gasteiger partial charge in [0.05, 0.1) is 28.8 Å². The third-order valence-electron chi connectivity index (χ3n) is 9.87. The van der Waals surface area contributed by atoms with E-state index in [9.17, 15) is 19.8 Å². The Hall–Kier alpha value is -3.28. The van der Waals surface area contributed by atoms with Gasteiger partial charge in [0.2, 0.25) is 5.95 Å². The predicted molar refractivity (Wildman–Crippen MR) is 132 cm³/mol. The van der Waals surface area contributed by atoms with Gasteiger partial charge in [-0.3, -0.25) is 14.9 Å². The largest absolute Gasteiger partial charge is 0.393 e. The van der Waals surface area contributed by atoms with Crippen LogP contribution in [0.5, 0.6) is 0 Å². The minimum absolute atomic E-state index is 0.00240. The minimum Gasteiger partial charge on any atom is -0.393 e. The molecule has 186 valence electrons. The number of nitrogens with one attached hydrogen (secondary N) is 2. The number of amides is 1. The number of aliphatic hydroxyl groups is 2. The highest BCUT2D eigenvalue weighted by Crippen LogP contribution is 2.67. The van der Waals surface area contributed by atoms with Crippen molar-refractivity contribution in [3.8, 4) is 6.07 Å². The highest BCUT2D eigenvalue weighted by Gasteiger charge is 2.68. The number of rotatable bonds is 2. The zero-order chi connectivity index (χ0) is 25.5. The highest BCUT2D eigenvalue weighted by atomic mass is 16.3. The summed E-state index contributed by atoms with van der Waals surface area (Å²) in [5.74, 6) is -0.163. The molecule has 3 saturated carbocycles. The average molecular weight is 487 g/mol. The van der Waals surface area contributed by atoms with Crippen LogP contribution < -0.4 is 5.32 Å². The minimum atomic E-state index is -1.66. The highest BCUT2D eigenvalue weighted by molar-refractivity contribution is 6.01. The van der Waals surface area contributed by atoms with E-state index in [1.165, 1.54) is 0 Å². The van der Waals surface area contributed by atoms with Crippen LogP contribution in [0.2, 0.25) is 0 Å². The lowest BCUT2D eigenvalue weighted by molar-refractivity contribution is -0.174. The van der Waals surface area contributed by atoms with Crippen molar-refractivity contribution in [3.05, 3.63) is 47.6 Å². The quantitative estimate of drug-likeness (QED) is 0.513. The number of benzene rings is 1. The summed E-state index contributed by atoms with van der Waals surface area (Å²) in [5.41, 5.74) is -0.0636. The molecule has 0 aliphatic heterocycles. The van der Waals surface area contributed by atoms with Gasteiger partial charge in [0.1, 0.15) is 5.60 Å². The summed E-state index contributed by atoms with van der Waals surface area (Å²) in [7, 11) is 0. The molecule has 1 amide bonds. The first-order chi connectivity index (χ1) is 17.1. The molecular formula is C28H30N4O4. The number of carbonyl (C=O) groups excluding carboxylic acids is 2. The van der Waals surface area contributed by atoms with Crippen LogP contribution in [-0.4, -0.2) is 43.6 Å². The third kappa shape index (κ3) is 3.02. The third-order valence-corrected chi connectivity index (χ3v) is 9.87. The van der Waals surface area contributed by atoms with Gasteiger partial charge in [0.25, 0.3) is 5.91 Å². The van der Waals surface area contributed by atoms with Crippen LogP contribution in [0, 0.1) is 39.9 Å². The summed E-state index contributed by atoms with van der Waals surface area (Å²) in [5, 5.41) is 35.3. The van der Waals surface area contributed by atoms with E-state index in [-0.39, 0.29) is 29.5 Å². The Morgan fingerprint density at radius 3 is 2.89 bits per heavy atom. The Morgan fingerprint density at radius 2 is 2.11 bits per heavy atom. The van der Waals surface area contributed by atoms with E-state index in [4.69, 9.17) is 5.26 Å². The number of aromatic nitrogens is 2. The number of H-pyrrole nitrogens is 1. The topological polar surface area (TPSA) is 139 Å². The van der Waals surface area contributed by atoms with Gasteiger partial charge in [-0.1, -0.05) is 25.5 Å². The number of aromatic amines is 1. The van der Waals surface area contributed by atoms with Gasteiger partial charge >= 0.3 is 0 Å².